The molecule has 20 heavy (non-hydrogen) atoms. The molecule has 0 bridgehead atoms. The predicted molar refractivity (Wildman–Crippen MR) is 85.3 cm³/mol. The number of carbonyl (C=O) groups excluding carboxylic acids is 1. The van der Waals surface area contributed by atoms with Crippen LogP contribution in [0.2, 0.25) is 0 Å². The van der Waals surface area contributed by atoms with Crippen LogP contribution in [-0.2, 0) is 0 Å². The summed E-state index contributed by atoms with van der Waals surface area (Å²) in [7, 11) is 0. The Labute approximate surface area is 124 Å². The minimum Gasteiger partial charge on any atom is -0.344 e. The minimum atomic E-state index is 0.000185. The van der Waals surface area contributed by atoms with E-state index in [-0.39, 0.29) is 11.9 Å². The number of carbonyl (C=O) groups is 1. The Bertz CT molecular complexity index is 587. The zero-order valence-corrected chi connectivity index (χ0v) is 13.3. The van der Waals surface area contributed by atoms with E-state index in [0.29, 0.717) is 5.92 Å². The average Bonchev–Trinajstić information content (AvgIpc) is 2.92. The van der Waals surface area contributed by atoms with E-state index < -0.39 is 0 Å². The predicted octanol–water partition coefficient (Wildman–Crippen LogP) is 4.49. The van der Waals surface area contributed by atoms with Crippen molar-refractivity contribution in [3.8, 4) is 0 Å². The molecule has 1 aromatic carbocycles. The number of thiophene rings is 1. The van der Waals surface area contributed by atoms with Gasteiger partial charge in [0.1, 0.15) is 0 Å². The van der Waals surface area contributed by atoms with Crippen LogP contribution >= 0.6 is 11.3 Å². The Morgan fingerprint density at radius 2 is 1.90 bits per heavy atom. The highest BCUT2D eigenvalue weighted by Crippen LogP contribution is 2.26. The number of hydrogen-bond donors (Lipinski definition) is 1. The number of hydrogen-bond acceptors (Lipinski definition) is 2. The van der Waals surface area contributed by atoms with Crippen LogP contribution in [0.1, 0.15) is 46.3 Å². The topological polar surface area (TPSA) is 29.1 Å². The molecule has 1 N–H and O–H groups in total. The van der Waals surface area contributed by atoms with Crippen molar-refractivity contribution in [1.82, 2.24) is 5.32 Å². The molecule has 0 saturated heterocycles. The summed E-state index contributed by atoms with van der Waals surface area (Å²) in [5.41, 5.74) is 3.09. The summed E-state index contributed by atoms with van der Waals surface area (Å²) >= 11 is 1.69. The second kappa shape index (κ2) is 6.23. The number of rotatable bonds is 4. The third kappa shape index (κ3) is 3.28. The molecule has 1 heterocycles. The minimum absolute atomic E-state index is 0.000185. The van der Waals surface area contributed by atoms with Gasteiger partial charge in [0.15, 0.2) is 0 Å². The van der Waals surface area contributed by atoms with E-state index >= 15 is 0 Å². The molecular formula is C17H21NOS. The van der Waals surface area contributed by atoms with E-state index in [1.807, 2.05) is 36.6 Å². The van der Waals surface area contributed by atoms with Crippen molar-refractivity contribution in [3.05, 3.63) is 57.3 Å². The lowest BCUT2D eigenvalue weighted by Gasteiger charge is -2.21. The molecule has 0 saturated carbocycles. The fourth-order valence-electron chi connectivity index (χ4n) is 2.14. The smallest absolute Gasteiger partial charge is 0.251 e. The first kappa shape index (κ1) is 14.8. The molecule has 3 heteroatoms. The maximum absolute atomic E-state index is 12.4. The number of nitrogens with one attached hydrogen (secondary N) is 1. The first-order valence-electron chi connectivity index (χ1n) is 6.90. The lowest BCUT2D eigenvalue weighted by atomic mass is 10.0. The first-order valence-corrected chi connectivity index (χ1v) is 7.78. The average molecular weight is 287 g/mol. The quantitative estimate of drug-likeness (QED) is 0.882. The SMILES string of the molecule is Cc1ccc(C(=O)N[C@H](c2cccs2)C(C)C)cc1C. The van der Waals surface area contributed by atoms with Gasteiger partial charge in [-0.25, -0.2) is 0 Å². The Kier molecular flexibility index (Phi) is 4.61. The van der Waals surface area contributed by atoms with Crippen LogP contribution in [0.15, 0.2) is 35.7 Å². The van der Waals surface area contributed by atoms with E-state index in [4.69, 9.17) is 0 Å². The lowest BCUT2D eigenvalue weighted by molar-refractivity contribution is 0.0926. The standard InChI is InChI=1S/C17H21NOS/c1-11(2)16(15-6-5-9-20-15)18-17(19)14-8-7-12(3)13(4)10-14/h5-11,16H,1-4H3,(H,18,19)/t16-/m0/s1. The van der Waals surface area contributed by atoms with Crippen molar-refractivity contribution in [2.75, 3.05) is 0 Å². The van der Waals surface area contributed by atoms with Gasteiger partial charge < -0.3 is 5.32 Å². The summed E-state index contributed by atoms with van der Waals surface area (Å²) in [6.45, 7) is 8.35. The molecule has 0 spiro atoms. The zero-order chi connectivity index (χ0) is 14.7. The molecule has 106 valence electrons. The molecule has 2 nitrogen and oxygen atoms in total. The molecule has 0 aliphatic heterocycles. The van der Waals surface area contributed by atoms with Gasteiger partial charge in [0.05, 0.1) is 6.04 Å². The summed E-state index contributed by atoms with van der Waals surface area (Å²) in [4.78, 5) is 13.6. The van der Waals surface area contributed by atoms with Crippen LogP contribution < -0.4 is 5.32 Å². The Morgan fingerprint density at radius 1 is 1.15 bits per heavy atom. The van der Waals surface area contributed by atoms with Crippen molar-refractivity contribution in [3.63, 3.8) is 0 Å². The zero-order valence-electron chi connectivity index (χ0n) is 12.4. The maximum Gasteiger partial charge on any atom is 0.251 e. The summed E-state index contributed by atoms with van der Waals surface area (Å²) in [6.07, 6.45) is 0. The Balaban J connectivity index is 2.18. The number of aryl methyl sites for hydroxylation is 2. The monoisotopic (exact) mass is 287 g/mol. The second-order valence-corrected chi connectivity index (χ2v) is 6.49. The molecule has 0 unspecified atom stereocenters. The molecule has 0 radical (unpaired) electrons. The van der Waals surface area contributed by atoms with Crippen molar-refractivity contribution >= 4 is 17.2 Å². The van der Waals surface area contributed by atoms with E-state index in [2.05, 4.69) is 32.2 Å². The van der Waals surface area contributed by atoms with E-state index in [0.717, 1.165) is 11.1 Å². The Morgan fingerprint density at radius 3 is 2.45 bits per heavy atom. The van der Waals surface area contributed by atoms with Crippen LogP contribution in [0.4, 0.5) is 0 Å². The van der Waals surface area contributed by atoms with Gasteiger partial charge in [-0.3, -0.25) is 4.79 Å². The van der Waals surface area contributed by atoms with Crippen LogP contribution in [-0.4, -0.2) is 5.91 Å². The first-order chi connectivity index (χ1) is 9.49. The van der Waals surface area contributed by atoms with Gasteiger partial charge in [-0.2, -0.15) is 0 Å². The van der Waals surface area contributed by atoms with Crippen LogP contribution in [0.25, 0.3) is 0 Å². The molecule has 1 aromatic heterocycles. The summed E-state index contributed by atoms with van der Waals surface area (Å²) in [6, 6.07) is 10.0. The molecule has 2 rings (SSSR count). The van der Waals surface area contributed by atoms with Crippen LogP contribution in [0.3, 0.4) is 0 Å². The normalized spacial score (nSPS) is 12.4. The molecule has 0 fully saturated rings. The van der Waals surface area contributed by atoms with Gasteiger partial charge in [0.25, 0.3) is 5.91 Å². The number of amides is 1. The van der Waals surface area contributed by atoms with E-state index in [1.165, 1.54) is 10.4 Å². The van der Waals surface area contributed by atoms with Gasteiger partial charge >= 0.3 is 0 Å². The van der Waals surface area contributed by atoms with E-state index in [1.54, 1.807) is 11.3 Å². The molecule has 1 amide bonds. The van der Waals surface area contributed by atoms with Gasteiger partial charge in [0.2, 0.25) is 0 Å². The molecule has 1 atom stereocenters. The van der Waals surface area contributed by atoms with Crippen molar-refractivity contribution < 1.29 is 4.79 Å². The lowest BCUT2D eigenvalue weighted by Crippen LogP contribution is -2.31. The number of benzene rings is 1. The second-order valence-electron chi connectivity index (χ2n) is 5.51. The van der Waals surface area contributed by atoms with Crippen LogP contribution in [0, 0.1) is 19.8 Å². The maximum atomic E-state index is 12.4. The van der Waals surface area contributed by atoms with Crippen LogP contribution in [0.5, 0.6) is 0 Å². The largest absolute Gasteiger partial charge is 0.344 e. The van der Waals surface area contributed by atoms with Gasteiger partial charge in [-0.15, -0.1) is 11.3 Å². The third-order valence-electron chi connectivity index (χ3n) is 3.57. The highest BCUT2D eigenvalue weighted by atomic mass is 32.1. The van der Waals surface area contributed by atoms with Gasteiger partial charge in [-0.1, -0.05) is 26.0 Å². The van der Waals surface area contributed by atoms with Gasteiger partial charge in [-0.05, 0) is 54.5 Å². The van der Waals surface area contributed by atoms with Crippen molar-refractivity contribution in [1.29, 1.82) is 0 Å². The summed E-state index contributed by atoms with van der Waals surface area (Å²) in [5.74, 6) is 0.365. The fraction of sp³-hybridized carbons (Fsp3) is 0.353. The molecule has 2 aromatic rings. The van der Waals surface area contributed by atoms with Crippen molar-refractivity contribution in [2.24, 2.45) is 5.92 Å². The Hall–Kier alpha value is -1.61. The molecular weight excluding hydrogens is 266 g/mol. The van der Waals surface area contributed by atoms with Gasteiger partial charge in [0, 0.05) is 10.4 Å². The fourth-order valence-corrected chi connectivity index (χ4v) is 3.09. The molecule has 0 aliphatic carbocycles. The summed E-state index contributed by atoms with van der Waals surface area (Å²) in [5, 5.41) is 5.20. The highest BCUT2D eigenvalue weighted by molar-refractivity contribution is 7.10. The third-order valence-corrected chi connectivity index (χ3v) is 4.53. The molecule has 0 aliphatic rings. The highest BCUT2D eigenvalue weighted by Gasteiger charge is 2.20. The summed E-state index contributed by atoms with van der Waals surface area (Å²) < 4.78 is 0. The van der Waals surface area contributed by atoms with E-state index in [9.17, 15) is 4.79 Å². The van der Waals surface area contributed by atoms with Crippen molar-refractivity contribution in [2.45, 2.75) is 33.7 Å².